The Morgan fingerprint density at radius 1 is 0.828 bits per heavy atom. The lowest BCUT2D eigenvalue weighted by Gasteiger charge is -2.60. The Kier molecular flexibility index (Phi) is 10.9. The van der Waals surface area contributed by atoms with E-state index >= 15 is 0 Å². The van der Waals surface area contributed by atoms with Crippen LogP contribution in [0.25, 0.3) is 0 Å². The number of piperidine rings is 2. The minimum Gasteiger partial charge on any atom is -0.487 e. The van der Waals surface area contributed by atoms with Crippen LogP contribution in [0, 0.1) is 16.7 Å². The van der Waals surface area contributed by atoms with E-state index in [2.05, 4.69) is 61.9 Å². The molecule has 6 heterocycles. The van der Waals surface area contributed by atoms with Crippen molar-refractivity contribution in [1.82, 2.24) is 30.0 Å². The van der Waals surface area contributed by atoms with Crippen LogP contribution >= 0.6 is 11.6 Å². The molecule has 1 N–H and O–H groups in total. The molecule has 10 rings (SSSR count). The maximum atomic E-state index is 13.4. The molecule has 64 heavy (non-hydrogen) atoms. The van der Waals surface area contributed by atoms with Crippen LogP contribution in [0.15, 0.2) is 72.9 Å². The summed E-state index contributed by atoms with van der Waals surface area (Å²) in [7, 11) is 0. The molecule has 4 saturated heterocycles. The zero-order valence-electron chi connectivity index (χ0n) is 36.3. The van der Waals surface area contributed by atoms with E-state index in [0.29, 0.717) is 45.8 Å². The zero-order valence-corrected chi connectivity index (χ0v) is 37.0. The summed E-state index contributed by atoms with van der Waals surface area (Å²) < 4.78 is 6.16. The molecule has 4 amide bonds. The third-order valence-electron chi connectivity index (χ3n) is 14.9. The number of benzene rings is 3. The van der Waals surface area contributed by atoms with Crippen LogP contribution in [-0.2, 0) is 21.6 Å². The Morgan fingerprint density at radius 2 is 1.56 bits per heavy atom. The van der Waals surface area contributed by atoms with Gasteiger partial charge in [0.25, 0.3) is 11.8 Å². The number of halogens is 1. The maximum absolute atomic E-state index is 13.4. The number of hydrogen-bond donors (Lipinski definition) is 1. The minimum absolute atomic E-state index is 0.103. The first-order valence-corrected chi connectivity index (χ1v) is 22.8. The Labute approximate surface area is 378 Å². The first-order valence-electron chi connectivity index (χ1n) is 22.5. The van der Waals surface area contributed by atoms with Crippen molar-refractivity contribution in [3.05, 3.63) is 111 Å². The van der Waals surface area contributed by atoms with Gasteiger partial charge in [0.15, 0.2) is 0 Å². The first kappa shape index (κ1) is 42.1. The number of anilines is 2. The van der Waals surface area contributed by atoms with Crippen molar-refractivity contribution in [2.45, 2.75) is 82.5 Å². The number of carbonyl (C=O) groups excluding carboxylic acids is 4. The molecule has 1 unspecified atom stereocenters. The summed E-state index contributed by atoms with van der Waals surface area (Å²) in [5.41, 5.74) is 5.05. The molecule has 0 radical (unpaired) electrons. The molecule has 1 aromatic heterocycles. The summed E-state index contributed by atoms with van der Waals surface area (Å²) >= 11 is 6.31. The van der Waals surface area contributed by atoms with Crippen molar-refractivity contribution in [2.24, 2.45) is 5.41 Å². The number of fused-ring (bicyclic) bond motifs is 1. The summed E-state index contributed by atoms with van der Waals surface area (Å²) in [6.07, 6.45) is 6.74. The average molecular weight is 882 g/mol. The molecule has 0 bridgehead atoms. The fourth-order valence-corrected chi connectivity index (χ4v) is 11.0. The summed E-state index contributed by atoms with van der Waals surface area (Å²) in [5, 5.41) is 12.2. The number of imide groups is 2. The average Bonchev–Trinajstić information content (AvgIpc) is 3.52. The lowest BCUT2D eigenvalue weighted by atomic mass is 9.59. The number of piperazine rings is 1. The molecule has 14 nitrogen and oxygen atoms in total. The van der Waals surface area contributed by atoms with Gasteiger partial charge in [0.05, 0.1) is 28.5 Å². The number of nitrogens with one attached hydrogen (secondary N) is 1. The molecule has 5 aliphatic heterocycles. The SMILES string of the molecule is CC(C)(c1ccc(OCc2ccnc(N3CCN(C4CN(C5CC6(CCN(c7ccc8c(c7)C(=O)N(C7CCC(=O)NC7=O)C8=O)CC6)C5)C4)CC3)n2)cc1)c1cc(Cl)cc(C#N)c1. The highest BCUT2D eigenvalue weighted by Gasteiger charge is 2.51. The number of nitriles is 1. The van der Waals surface area contributed by atoms with Gasteiger partial charge in [-0.25, -0.2) is 9.97 Å². The molecule has 1 saturated carbocycles. The van der Waals surface area contributed by atoms with Crippen LogP contribution in [0.1, 0.15) is 95.5 Å². The van der Waals surface area contributed by atoms with Crippen LogP contribution in [0.2, 0.25) is 5.02 Å². The number of aromatic nitrogens is 2. The smallest absolute Gasteiger partial charge is 0.262 e. The van der Waals surface area contributed by atoms with E-state index in [1.54, 1.807) is 12.1 Å². The standard InChI is InChI=1S/C49H52ClN9O5/c1-48(2,33-21-31(27-51)22-34(50)23-33)32-3-6-39(7-4-32)64-30-35-11-14-52-47(53-35)57-19-17-56(18-20-57)38-28-58(29-38)37-25-49(26-37)12-15-55(16-13-49)36-5-8-40-41(24-36)46(63)59(45(40)62)42-9-10-43(60)54-44(42)61/h3-8,11,14,21-24,37-38,42H,9-10,12-13,15-20,25-26,28-30H2,1-2H3,(H,54,60,61). The van der Waals surface area contributed by atoms with E-state index < -0.39 is 23.8 Å². The van der Waals surface area contributed by atoms with Gasteiger partial charge in [0.1, 0.15) is 18.4 Å². The number of likely N-dealkylation sites (tertiary alicyclic amines) is 1. The molecule has 5 fully saturated rings. The van der Waals surface area contributed by atoms with Gasteiger partial charge in [0, 0.05) is 93.2 Å². The number of hydrogen-bond acceptors (Lipinski definition) is 12. The Bertz CT molecular complexity index is 2550. The van der Waals surface area contributed by atoms with Gasteiger partial charge >= 0.3 is 0 Å². The summed E-state index contributed by atoms with van der Waals surface area (Å²) in [6.45, 7) is 12.4. The molecular formula is C49H52ClN9O5. The van der Waals surface area contributed by atoms with Crippen LogP contribution in [0.5, 0.6) is 5.75 Å². The molecule has 1 spiro atoms. The van der Waals surface area contributed by atoms with Gasteiger partial charge in [-0.05, 0) is 103 Å². The third kappa shape index (κ3) is 7.88. The fourth-order valence-electron chi connectivity index (χ4n) is 10.7. The van der Waals surface area contributed by atoms with Crippen molar-refractivity contribution >= 4 is 46.9 Å². The second kappa shape index (κ2) is 16.6. The van der Waals surface area contributed by atoms with E-state index in [0.717, 1.165) is 104 Å². The highest BCUT2D eigenvalue weighted by atomic mass is 35.5. The predicted molar refractivity (Wildman–Crippen MR) is 240 cm³/mol. The summed E-state index contributed by atoms with van der Waals surface area (Å²) in [4.78, 5) is 71.1. The molecule has 330 valence electrons. The number of carbonyl (C=O) groups is 4. The maximum Gasteiger partial charge on any atom is 0.262 e. The van der Waals surface area contributed by atoms with Gasteiger partial charge in [-0.1, -0.05) is 37.6 Å². The largest absolute Gasteiger partial charge is 0.487 e. The summed E-state index contributed by atoms with van der Waals surface area (Å²) in [6, 6.07) is 23.4. The molecule has 1 atom stereocenters. The monoisotopic (exact) mass is 881 g/mol. The molecule has 3 aromatic carbocycles. The number of amides is 4. The van der Waals surface area contributed by atoms with Crippen molar-refractivity contribution in [3.8, 4) is 11.8 Å². The second-order valence-electron chi connectivity index (χ2n) is 19.0. The highest BCUT2D eigenvalue weighted by Crippen LogP contribution is 2.52. The minimum atomic E-state index is -0.959. The van der Waals surface area contributed by atoms with Crippen LogP contribution in [0.4, 0.5) is 11.6 Å². The Balaban J connectivity index is 0.653. The number of nitrogens with zero attached hydrogens (tertiary/aromatic N) is 8. The van der Waals surface area contributed by atoms with Gasteiger partial charge in [0.2, 0.25) is 17.8 Å². The van der Waals surface area contributed by atoms with Gasteiger partial charge < -0.3 is 14.5 Å². The molecule has 4 aromatic rings. The quantitative estimate of drug-likeness (QED) is 0.198. The predicted octanol–water partition coefficient (Wildman–Crippen LogP) is 5.56. The van der Waals surface area contributed by atoms with E-state index in [1.165, 1.54) is 12.8 Å². The van der Waals surface area contributed by atoms with E-state index in [-0.39, 0.29) is 24.2 Å². The van der Waals surface area contributed by atoms with Crippen molar-refractivity contribution in [2.75, 3.05) is 62.2 Å². The molecule has 6 aliphatic rings. The van der Waals surface area contributed by atoms with E-state index in [4.69, 9.17) is 21.3 Å². The fraction of sp³-hybridized carbons (Fsp3) is 0.449. The van der Waals surface area contributed by atoms with Crippen molar-refractivity contribution in [3.63, 3.8) is 0 Å². The first-order chi connectivity index (χ1) is 30.9. The van der Waals surface area contributed by atoms with Gasteiger partial charge in [-0.15, -0.1) is 0 Å². The summed E-state index contributed by atoms with van der Waals surface area (Å²) in [5.74, 6) is -0.408. The topological polar surface area (TPSA) is 155 Å². The lowest BCUT2D eigenvalue weighted by molar-refractivity contribution is -0.136. The van der Waals surface area contributed by atoms with Crippen LogP contribution in [0.3, 0.4) is 0 Å². The lowest BCUT2D eigenvalue weighted by Crippen LogP contribution is -2.68. The molecule has 15 heteroatoms. The Hall–Kier alpha value is -5.88. The van der Waals surface area contributed by atoms with Crippen molar-refractivity contribution < 1.29 is 23.9 Å². The van der Waals surface area contributed by atoms with Crippen LogP contribution < -0.4 is 19.9 Å². The highest BCUT2D eigenvalue weighted by molar-refractivity contribution is 6.30. The third-order valence-corrected chi connectivity index (χ3v) is 15.1. The number of rotatable bonds is 10. The number of ether oxygens (including phenoxy) is 1. The molecular weight excluding hydrogens is 830 g/mol. The van der Waals surface area contributed by atoms with E-state index in [9.17, 15) is 24.4 Å². The van der Waals surface area contributed by atoms with Crippen molar-refractivity contribution in [1.29, 1.82) is 5.26 Å². The normalized spacial score (nSPS) is 22.0. The van der Waals surface area contributed by atoms with E-state index in [1.807, 2.05) is 48.7 Å². The zero-order chi connectivity index (χ0) is 44.3. The van der Waals surface area contributed by atoms with Gasteiger partial charge in [-0.3, -0.25) is 39.2 Å². The molecule has 1 aliphatic carbocycles. The van der Waals surface area contributed by atoms with Crippen LogP contribution in [-0.4, -0.2) is 119 Å². The van der Waals surface area contributed by atoms with Gasteiger partial charge in [-0.2, -0.15) is 5.26 Å². The second-order valence-corrected chi connectivity index (χ2v) is 19.4. The Morgan fingerprint density at radius 3 is 2.28 bits per heavy atom.